The number of rotatable bonds is 5. The molecule has 32 heavy (non-hydrogen) atoms. The van der Waals surface area contributed by atoms with Crippen LogP contribution >= 0.6 is 11.6 Å². The zero-order valence-corrected chi connectivity index (χ0v) is 17.1. The molecule has 0 unspecified atom stereocenters. The molecule has 1 aliphatic heterocycles. The highest BCUT2D eigenvalue weighted by Gasteiger charge is 2.17. The zero-order valence-electron chi connectivity index (χ0n) is 16.4. The highest BCUT2D eigenvalue weighted by Crippen LogP contribution is 2.37. The maximum Gasteiger partial charge on any atom is 0.336 e. The van der Waals surface area contributed by atoms with Gasteiger partial charge in [0, 0.05) is 46.8 Å². The van der Waals surface area contributed by atoms with Crippen molar-refractivity contribution in [3.8, 4) is 28.4 Å². The lowest BCUT2D eigenvalue weighted by atomic mass is 10.0. The SMILES string of the molecule is O=c1cc(-c2cccc([N+](=O)[O-])c2)c2ccc(OCc3cc4c(cc3Cl)OCO4)cc2o1. The molecule has 0 saturated carbocycles. The molecule has 1 aromatic heterocycles. The first kappa shape index (κ1) is 19.9. The summed E-state index contributed by atoms with van der Waals surface area (Å²) in [6, 6.07) is 15.9. The predicted molar refractivity (Wildman–Crippen MR) is 116 cm³/mol. The molecule has 3 aromatic carbocycles. The van der Waals surface area contributed by atoms with Crippen molar-refractivity contribution < 1.29 is 23.6 Å². The van der Waals surface area contributed by atoms with Gasteiger partial charge in [-0.2, -0.15) is 0 Å². The van der Waals surface area contributed by atoms with Gasteiger partial charge >= 0.3 is 5.63 Å². The third kappa shape index (κ3) is 3.72. The molecule has 0 spiro atoms. The van der Waals surface area contributed by atoms with Crippen molar-refractivity contribution in [2.45, 2.75) is 6.61 Å². The van der Waals surface area contributed by atoms with Gasteiger partial charge in [-0.1, -0.05) is 23.7 Å². The van der Waals surface area contributed by atoms with Gasteiger partial charge in [0.25, 0.3) is 5.69 Å². The van der Waals surface area contributed by atoms with Gasteiger partial charge in [0.15, 0.2) is 11.5 Å². The van der Waals surface area contributed by atoms with Crippen LogP contribution in [0.1, 0.15) is 5.56 Å². The second-order valence-corrected chi connectivity index (χ2v) is 7.44. The van der Waals surface area contributed by atoms with Gasteiger partial charge in [0.2, 0.25) is 6.79 Å². The number of benzene rings is 3. The van der Waals surface area contributed by atoms with Crippen LogP contribution in [0.5, 0.6) is 17.2 Å². The van der Waals surface area contributed by atoms with Crippen LogP contribution in [0.2, 0.25) is 5.02 Å². The van der Waals surface area contributed by atoms with E-state index in [0.29, 0.717) is 49.9 Å². The molecule has 4 aromatic rings. The molecule has 0 radical (unpaired) electrons. The van der Waals surface area contributed by atoms with E-state index >= 15 is 0 Å². The molecule has 0 atom stereocenters. The summed E-state index contributed by atoms with van der Waals surface area (Å²) in [4.78, 5) is 22.8. The molecule has 0 amide bonds. The van der Waals surface area contributed by atoms with Crippen molar-refractivity contribution in [3.63, 3.8) is 0 Å². The Morgan fingerprint density at radius 3 is 2.66 bits per heavy atom. The molecule has 0 bridgehead atoms. The molecule has 0 fully saturated rings. The summed E-state index contributed by atoms with van der Waals surface area (Å²) in [5.41, 5.74) is 1.44. The van der Waals surface area contributed by atoms with Crippen molar-refractivity contribution in [2.75, 3.05) is 6.79 Å². The lowest BCUT2D eigenvalue weighted by Gasteiger charge is -2.11. The number of halogens is 1. The summed E-state index contributed by atoms with van der Waals surface area (Å²) < 4.78 is 21.9. The molecule has 5 rings (SSSR count). The molecule has 1 aliphatic rings. The van der Waals surface area contributed by atoms with Crippen LogP contribution in [0.4, 0.5) is 5.69 Å². The Balaban J connectivity index is 1.47. The van der Waals surface area contributed by atoms with Crippen LogP contribution < -0.4 is 19.8 Å². The van der Waals surface area contributed by atoms with Crippen LogP contribution in [-0.2, 0) is 6.61 Å². The highest BCUT2D eigenvalue weighted by molar-refractivity contribution is 6.31. The van der Waals surface area contributed by atoms with E-state index in [9.17, 15) is 14.9 Å². The van der Waals surface area contributed by atoms with Crippen LogP contribution in [0, 0.1) is 10.1 Å². The molecule has 0 N–H and O–H groups in total. The van der Waals surface area contributed by atoms with Crippen LogP contribution in [0.15, 0.2) is 69.9 Å². The Morgan fingerprint density at radius 1 is 1.03 bits per heavy atom. The minimum Gasteiger partial charge on any atom is -0.489 e. The summed E-state index contributed by atoms with van der Waals surface area (Å²) in [7, 11) is 0. The number of hydrogen-bond donors (Lipinski definition) is 0. The maximum absolute atomic E-state index is 12.2. The number of hydrogen-bond acceptors (Lipinski definition) is 7. The van der Waals surface area contributed by atoms with E-state index in [1.165, 1.54) is 18.2 Å². The average Bonchev–Trinajstić information content (AvgIpc) is 3.23. The number of nitro benzene ring substituents is 1. The lowest BCUT2D eigenvalue weighted by Crippen LogP contribution is -2.00. The van der Waals surface area contributed by atoms with Crippen molar-refractivity contribution in [2.24, 2.45) is 0 Å². The fraction of sp³-hybridized carbons (Fsp3) is 0.0870. The van der Waals surface area contributed by atoms with Crippen molar-refractivity contribution >= 4 is 28.3 Å². The van der Waals surface area contributed by atoms with Crippen molar-refractivity contribution in [1.82, 2.24) is 0 Å². The first-order chi connectivity index (χ1) is 15.5. The van der Waals surface area contributed by atoms with Gasteiger partial charge in [0.05, 0.1) is 9.95 Å². The molecule has 160 valence electrons. The number of fused-ring (bicyclic) bond motifs is 2. The minimum absolute atomic E-state index is 0.0653. The summed E-state index contributed by atoms with van der Waals surface area (Å²) in [5, 5.41) is 12.2. The number of ether oxygens (including phenoxy) is 3. The fourth-order valence-corrected chi connectivity index (χ4v) is 3.70. The fourth-order valence-electron chi connectivity index (χ4n) is 3.49. The Hall–Kier alpha value is -4.04. The molecular weight excluding hydrogens is 438 g/mol. The van der Waals surface area contributed by atoms with Gasteiger partial charge in [0.1, 0.15) is 17.9 Å². The standard InChI is InChI=1S/C23H14ClNO7/c24-19-10-22-21(30-12-31-22)7-14(19)11-29-16-4-5-17-18(9-23(26)32-20(17)8-16)13-2-1-3-15(6-13)25(27)28/h1-10H,11-12H2. The number of nitro groups is 1. The Kier molecular flexibility index (Phi) is 4.91. The van der Waals surface area contributed by atoms with Crippen LogP contribution in [0.3, 0.4) is 0 Å². The normalized spacial score (nSPS) is 12.2. The van der Waals surface area contributed by atoms with Gasteiger partial charge in [-0.25, -0.2) is 4.79 Å². The van der Waals surface area contributed by atoms with Gasteiger partial charge in [-0.15, -0.1) is 0 Å². The summed E-state index contributed by atoms with van der Waals surface area (Å²) in [5.74, 6) is 1.64. The third-order valence-electron chi connectivity index (χ3n) is 5.02. The van der Waals surface area contributed by atoms with E-state index in [-0.39, 0.29) is 19.1 Å². The van der Waals surface area contributed by atoms with E-state index in [1.807, 2.05) is 0 Å². The summed E-state index contributed by atoms with van der Waals surface area (Å²) in [6.07, 6.45) is 0. The third-order valence-corrected chi connectivity index (χ3v) is 5.37. The molecule has 2 heterocycles. The van der Waals surface area contributed by atoms with Gasteiger partial charge in [-0.05, 0) is 23.8 Å². The van der Waals surface area contributed by atoms with Gasteiger partial charge < -0.3 is 18.6 Å². The van der Waals surface area contributed by atoms with Crippen LogP contribution in [0.25, 0.3) is 22.1 Å². The molecule has 8 nitrogen and oxygen atoms in total. The van der Waals surface area contributed by atoms with E-state index < -0.39 is 10.5 Å². The van der Waals surface area contributed by atoms with E-state index in [1.54, 1.807) is 42.5 Å². The largest absolute Gasteiger partial charge is 0.489 e. The molecular formula is C23H14ClNO7. The molecule has 0 saturated heterocycles. The van der Waals surface area contributed by atoms with E-state index in [0.717, 1.165) is 0 Å². The Morgan fingerprint density at radius 2 is 1.84 bits per heavy atom. The average molecular weight is 452 g/mol. The van der Waals surface area contributed by atoms with Crippen molar-refractivity contribution in [1.29, 1.82) is 0 Å². The number of nitrogens with zero attached hydrogens (tertiary/aromatic N) is 1. The maximum atomic E-state index is 12.2. The Labute approximate surface area is 185 Å². The number of non-ortho nitro benzene ring substituents is 1. The first-order valence-corrected chi connectivity index (χ1v) is 9.89. The minimum atomic E-state index is -0.574. The molecule has 0 aliphatic carbocycles. The second-order valence-electron chi connectivity index (χ2n) is 7.03. The topological polar surface area (TPSA) is 101 Å². The Bertz CT molecular complexity index is 1430. The van der Waals surface area contributed by atoms with Crippen LogP contribution in [-0.4, -0.2) is 11.7 Å². The van der Waals surface area contributed by atoms with E-state index in [4.69, 9.17) is 30.2 Å². The lowest BCUT2D eigenvalue weighted by molar-refractivity contribution is -0.384. The smallest absolute Gasteiger partial charge is 0.336 e. The zero-order chi connectivity index (χ0) is 22.2. The summed E-state index contributed by atoms with van der Waals surface area (Å²) in [6.45, 7) is 0.308. The predicted octanol–water partition coefficient (Wildman–Crippen LogP) is 5.33. The first-order valence-electron chi connectivity index (χ1n) is 9.51. The van der Waals surface area contributed by atoms with Crippen molar-refractivity contribution in [3.05, 3.63) is 91.8 Å². The van der Waals surface area contributed by atoms with Gasteiger partial charge in [-0.3, -0.25) is 10.1 Å². The highest BCUT2D eigenvalue weighted by atomic mass is 35.5. The second kappa shape index (κ2) is 7.90. The monoisotopic (exact) mass is 451 g/mol. The molecule has 9 heteroatoms. The van der Waals surface area contributed by atoms with E-state index in [2.05, 4.69) is 0 Å². The quantitative estimate of drug-likeness (QED) is 0.229. The summed E-state index contributed by atoms with van der Waals surface area (Å²) >= 11 is 6.29.